The highest BCUT2D eigenvalue weighted by atomic mass is 32.1. The fraction of sp³-hybridized carbons (Fsp3) is 0.667. The third-order valence-electron chi connectivity index (χ3n) is 4.04. The molecule has 0 aliphatic heterocycles. The average Bonchev–Trinajstić information content (AvgIpc) is 2.75. The first-order valence-electron chi connectivity index (χ1n) is 7.44. The molecule has 0 saturated heterocycles. The standard InChI is InChI=1S/C15H26N4OS/c1-5-7-15(8-6-2,13(16)21)14(20)17-9-12-10-18-19(4)11(12)3/h10H,5-9H2,1-4H3,(H2,16,21)(H,17,20). The molecule has 0 unspecified atom stereocenters. The predicted octanol–water partition coefficient (Wildman–Crippen LogP) is 2.22. The highest BCUT2D eigenvalue weighted by molar-refractivity contribution is 7.80. The first-order valence-corrected chi connectivity index (χ1v) is 7.85. The van der Waals surface area contributed by atoms with Crippen LogP contribution in [0, 0.1) is 12.3 Å². The number of rotatable bonds is 8. The Bertz CT molecular complexity index is 504. The lowest BCUT2D eigenvalue weighted by atomic mass is 9.78. The van der Waals surface area contributed by atoms with Crippen molar-refractivity contribution < 1.29 is 4.79 Å². The quantitative estimate of drug-likeness (QED) is 0.722. The van der Waals surface area contributed by atoms with Gasteiger partial charge in [-0.1, -0.05) is 38.9 Å². The molecule has 21 heavy (non-hydrogen) atoms. The van der Waals surface area contributed by atoms with Gasteiger partial charge in [0.25, 0.3) is 0 Å². The summed E-state index contributed by atoms with van der Waals surface area (Å²) in [4.78, 5) is 13.0. The van der Waals surface area contributed by atoms with Crippen molar-refractivity contribution in [3.8, 4) is 0 Å². The second kappa shape index (κ2) is 7.54. The van der Waals surface area contributed by atoms with Gasteiger partial charge in [0.1, 0.15) is 0 Å². The van der Waals surface area contributed by atoms with Gasteiger partial charge in [-0.05, 0) is 19.8 Å². The molecule has 0 atom stereocenters. The zero-order valence-electron chi connectivity index (χ0n) is 13.4. The molecule has 1 heterocycles. The summed E-state index contributed by atoms with van der Waals surface area (Å²) in [6, 6.07) is 0. The van der Waals surface area contributed by atoms with Crippen LogP contribution in [0.3, 0.4) is 0 Å². The van der Waals surface area contributed by atoms with Gasteiger partial charge in [-0.25, -0.2) is 0 Å². The second-order valence-electron chi connectivity index (χ2n) is 5.51. The largest absolute Gasteiger partial charge is 0.392 e. The van der Waals surface area contributed by atoms with E-state index in [0.29, 0.717) is 24.4 Å². The first-order chi connectivity index (χ1) is 9.89. The summed E-state index contributed by atoms with van der Waals surface area (Å²) < 4.78 is 1.79. The van der Waals surface area contributed by atoms with Crippen molar-refractivity contribution in [1.29, 1.82) is 0 Å². The molecule has 5 nitrogen and oxygen atoms in total. The lowest BCUT2D eigenvalue weighted by Gasteiger charge is -2.31. The topological polar surface area (TPSA) is 72.9 Å². The van der Waals surface area contributed by atoms with Gasteiger partial charge in [0.05, 0.1) is 16.6 Å². The molecule has 1 aromatic rings. The highest BCUT2D eigenvalue weighted by Crippen LogP contribution is 2.31. The predicted molar refractivity (Wildman–Crippen MR) is 88.8 cm³/mol. The van der Waals surface area contributed by atoms with Crippen molar-refractivity contribution >= 4 is 23.1 Å². The summed E-state index contributed by atoms with van der Waals surface area (Å²) >= 11 is 5.20. The van der Waals surface area contributed by atoms with Crippen LogP contribution < -0.4 is 11.1 Å². The van der Waals surface area contributed by atoms with E-state index in [-0.39, 0.29) is 5.91 Å². The number of nitrogens with zero attached hydrogens (tertiary/aromatic N) is 2. The molecule has 1 rings (SSSR count). The van der Waals surface area contributed by atoms with Crippen LogP contribution in [0.5, 0.6) is 0 Å². The number of thiocarbonyl (C=S) groups is 1. The van der Waals surface area contributed by atoms with E-state index in [1.807, 2.05) is 27.8 Å². The summed E-state index contributed by atoms with van der Waals surface area (Å²) in [5.41, 5.74) is 7.23. The van der Waals surface area contributed by atoms with Crippen LogP contribution in [0.25, 0.3) is 0 Å². The fourth-order valence-electron chi connectivity index (χ4n) is 2.63. The van der Waals surface area contributed by atoms with Crippen molar-refractivity contribution in [2.75, 3.05) is 0 Å². The van der Waals surface area contributed by atoms with Crippen LogP contribution in [0.1, 0.15) is 50.8 Å². The monoisotopic (exact) mass is 310 g/mol. The Labute approximate surface area is 132 Å². The molecule has 1 amide bonds. The summed E-state index contributed by atoms with van der Waals surface area (Å²) in [5.74, 6) is -0.0676. The lowest BCUT2D eigenvalue weighted by Crippen LogP contribution is -2.48. The minimum atomic E-state index is -0.727. The molecule has 0 fully saturated rings. The maximum Gasteiger partial charge on any atom is 0.233 e. The van der Waals surface area contributed by atoms with Crippen molar-refractivity contribution in [2.24, 2.45) is 18.2 Å². The van der Waals surface area contributed by atoms with Crippen LogP contribution in [0.4, 0.5) is 0 Å². The average molecular weight is 310 g/mol. The molecule has 118 valence electrons. The summed E-state index contributed by atoms with van der Waals surface area (Å²) in [6.45, 7) is 6.52. The van der Waals surface area contributed by atoms with Crippen LogP contribution in [-0.2, 0) is 18.4 Å². The summed E-state index contributed by atoms with van der Waals surface area (Å²) in [7, 11) is 1.88. The molecule has 0 bridgehead atoms. The first kappa shape index (κ1) is 17.6. The zero-order valence-corrected chi connectivity index (χ0v) is 14.2. The molecule has 0 aliphatic rings. The van der Waals surface area contributed by atoms with Crippen molar-refractivity contribution in [2.45, 2.75) is 53.0 Å². The molecule has 0 spiro atoms. The van der Waals surface area contributed by atoms with E-state index in [4.69, 9.17) is 18.0 Å². The molecule has 6 heteroatoms. The van der Waals surface area contributed by atoms with E-state index in [0.717, 1.165) is 24.1 Å². The number of hydrogen-bond donors (Lipinski definition) is 2. The molecular weight excluding hydrogens is 284 g/mol. The number of nitrogens with two attached hydrogens (primary N) is 1. The third-order valence-corrected chi connectivity index (χ3v) is 4.43. The van der Waals surface area contributed by atoms with Crippen LogP contribution in [0.15, 0.2) is 6.20 Å². The second-order valence-corrected chi connectivity index (χ2v) is 5.95. The molecule has 1 aromatic heterocycles. The minimum absolute atomic E-state index is 0.0676. The number of carbonyl (C=O) groups is 1. The van der Waals surface area contributed by atoms with E-state index in [9.17, 15) is 4.79 Å². The van der Waals surface area contributed by atoms with E-state index >= 15 is 0 Å². The number of aryl methyl sites for hydroxylation is 1. The number of nitrogens with one attached hydrogen (secondary N) is 1. The molecule has 0 aliphatic carbocycles. The normalized spacial score (nSPS) is 11.4. The van der Waals surface area contributed by atoms with E-state index in [1.165, 1.54) is 0 Å². The van der Waals surface area contributed by atoms with Gasteiger partial charge in [0, 0.05) is 24.8 Å². The summed E-state index contributed by atoms with van der Waals surface area (Å²) in [5, 5.41) is 7.16. The number of amides is 1. The molecule has 3 N–H and O–H groups in total. The van der Waals surface area contributed by atoms with Gasteiger partial charge in [-0.3, -0.25) is 9.48 Å². The smallest absolute Gasteiger partial charge is 0.233 e. The number of hydrogen-bond acceptors (Lipinski definition) is 3. The maximum atomic E-state index is 12.7. The van der Waals surface area contributed by atoms with Gasteiger partial charge in [0.15, 0.2) is 0 Å². The molecule has 0 radical (unpaired) electrons. The number of carbonyl (C=O) groups excluding carboxylic acids is 1. The number of aromatic nitrogens is 2. The van der Waals surface area contributed by atoms with Crippen molar-refractivity contribution in [3.63, 3.8) is 0 Å². The Hall–Kier alpha value is -1.43. The summed E-state index contributed by atoms with van der Waals surface area (Å²) in [6.07, 6.45) is 4.90. The van der Waals surface area contributed by atoms with Gasteiger partial charge in [-0.2, -0.15) is 5.10 Å². The van der Waals surface area contributed by atoms with Crippen molar-refractivity contribution in [3.05, 3.63) is 17.5 Å². The minimum Gasteiger partial charge on any atom is -0.392 e. The van der Waals surface area contributed by atoms with E-state index in [1.54, 1.807) is 10.9 Å². The van der Waals surface area contributed by atoms with Gasteiger partial charge in [0.2, 0.25) is 5.91 Å². The maximum absolute atomic E-state index is 12.7. The Morgan fingerprint density at radius 3 is 2.38 bits per heavy atom. The zero-order chi connectivity index (χ0) is 16.0. The van der Waals surface area contributed by atoms with E-state index < -0.39 is 5.41 Å². The van der Waals surface area contributed by atoms with Crippen LogP contribution >= 0.6 is 12.2 Å². The lowest BCUT2D eigenvalue weighted by molar-refractivity contribution is -0.128. The van der Waals surface area contributed by atoms with Crippen LogP contribution in [0.2, 0.25) is 0 Å². The Kier molecular flexibility index (Phi) is 6.33. The Morgan fingerprint density at radius 2 is 2.00 bits per heavy atom. The Morgan fingerprint density at radius 1 is 1.43 bits per heavy atom. The molecule has 0 aromatic carbocycles. The Balaban J connectivity index is 2.86. The van der Waals surface area contributed by atoms with Crippen molar-refractivity contribution in [1.82, 2.24) is 15.1 Å². The van der Waals surface area contributed by atoms with Gasteiger partial charge in [-0.15, -0.1) is 0 Å². The van der Waals surface area contributed by atoms with Crippen LogP contribution in [-0.4, -0.2) is 20.7 Å². The van der Waals surface area contributed by atoms with Gasteiger partial charge >= 0.3 is 0 Å². The highest BCUT2D eigenvalue weighted by Gasteiger charge is 2.39. The van der Waals surface area contributed by atoms with E-state index in [2.05, 4.69) is 10.4 Å². The third kappa shape index (κ3) is 3.81. The SMILES string of the molecule is CCCC(CCC)(C(=O)NCc1cnn(C)c1C)C(N)=S. The molecule has 0 saturated carbocycles. The molecular formula is C15H26N4OS. The van der Waals surface area contributed by atoms with Gasteiger partial charge < -0.3 is 11.1 Å². The fourth-order valence-corrected chi connectivity index (χ4v) is 2.92.